The van der Waals surface area contributed by atoms with Gasteiger partial charge in [-0.3, -0.25) is 0 Å². The van der Waals surface area contributed by atoms with Crippen LogP contribution in [0.2, 0.25) is 0 Å². The van der Waals surface area contributed by atoms with Gasteiger partial charge in [0, 0.05) is 23.5 Å². The van der Waals surface area contributed by atoms with Crippen LogP contribution in [0.1, 0.15) is 23.3 Å². The largest absolute Gasteiger partial charge is 0.496 e. The lowest BCUT2D eigenvalue weighted by Gasteiger charge is -2.39. The minimum absolute atomic E-state index is 0.0965. The minimum Gasteiger partial charge on any atom is -0.496 e. The number of fused-ring (bicyclic) bond motifs is 1. The lowest BCUT2D eigenvalue weighted by atomic mass is 9.84. The van der Waals surface area contributed by atoms with Gasteiger partial charge in [-0.05, 0) is 29.8 Å². The Morgan fingerprint density at radius 2 is 1.45 bits per heavy atom. The Balaban J connectivity index is 1.32. The summed E-state index contributed by atoms with van der Waals surface area (Å²) in [6.07, 6.45) is -7.27. The fourth-order valence-corrected chi connectivity index (χ4v) is 5.54. The maximum absolute atomic E-state index is 10.3. The van der Waals surface area contributed by atoms with Crippen LogP contribution in [0, 0.1) is 11.8 Å². The van der Waals surface area contributed by atoms with E-state index in [9.17, 15) is 20.4 Å². The molecule has 38 heavy (non-hydrogen) atoms. The summed E-state index contributed by atoms with van der Waals surface area (Å²) in [5.41, 5.74) is 1.83. The van der Waals surface area contributed by atoms with Crippen molar-refractivity contribution in [3.63, 3.8) is 0 Å². The third-order valence-electron chi connectivity index (χ3n) is 7.61. The van der Waals surface area contributed by atoms with E-state index in [0.29, 0.717) is 36.2 Å². The second-order valence-electron chi connectivity index (χ2n) is 9.67. The van der Waals surface area contributed by atoms with Crippen LogP contribution in [0.25, 0.3) is 0 Å². The van der Waals surface area contributed by atoms with Crippen molar-refractivity contribution < 1.29 is 53.6 Å². The van der Waals surface area contributed by atoms with Crippen LogP contribution in [0.5, 0.6) is 23.0 Å². The molecule has 0 bridgehead atoms. The fraction of sp³-hybridized carbons (Fsp3) is 0.556. The molecule has 3 aliphatic rings. The Hall–Kier alpha value is -2.64. The number of hydrogen-bond donors (Lipinski definition) is 4. The molecule has 0 radical (unpaired) electrons. The van der Waals surface area contributed by atoms with Gasteiger partial charge in [0.05, 0.1) is 53.4 Å². The zero-order valence-corrected chi connectivity index (χ0v) is 21.4. The zero-order chi connectivity index (χ0) is 27.0. The summed E-state index contributed by atoms with van der Waals surface area (Å²) < 4.78 is 40.2. The summed E-state index contributed by atoms with van der Waals surface area (Å²) in [4.78, 5) is 0. The highest BCUT2D eigenvalue weighted by Crippen LogP contribution is 2.52. The molecule has 9 atom stereocenters. The van der Waals surface area contributed by atoms with Gasteiger partial charge in [-0.1, -0.05) is 6.07 Å². The Labute approximate surface area is 220 Å². The van der Waals surface area contributed by atoms with Gasteiger partial charge in [0.2, 0.25) is 6.29 Å². The fourth-order valence-electron chi connectivity index (χ4n) is 5.54. The van der Waals surface area contributed by atoms with Crippen molar-refractivity contribution in [1.29, 1.82) is 0 Å². The highest BCUT2D eigenvalue weighted by molar-refractivity contribution is 5.45. The van der Waals surface area contributed by atoms with E-state index in [1.807, 2.05) is 24.3 Å². The molecule has 0 amide bonds. The summed E-state index contributed by atoms with van der Waals surface area (Å²) >= 11 is 0. The maximum atomic E-state index is 10.3. The van der Waals surface area contributed by atoms with E-state index in [-0.39, 0.29) is 24.0 Å². The molecular weight excluding hydrogens is 500 g/mol. The van der Waals surface area contributed by atoms with Crippen LogP contribution >= 0.6 is 0 Å². The van der Waals surface area contributed by atoms with E-state index in [4.69, 9.17) is 33.2 Å². The standard InChI is InChI=1S/C27H34O11/c1-32-18-7-4-13(8-20(18)34-3)25-16-11-36-26(17(16)12-35-25)15-6-5-14(9-19(15)33-2)37-27-24(31)23(30)22(29)21(10-28)38-27/h4-9,16-17,21-31H,10-12H2,1-3H3/t16-,17-,21+,22+,23-,24+,25-,26+,27+/m1/s1. The SMILES string of the molecule is COc1ccc([C@H]2OC[C@@H]3[C@H]2CO[C@H]3c2ccc(O[C@H]3O[C@@H](CO)[C@H](O)[C@@H](O)[C@@H]3O)cc2OC)cc1OC. The van der Waals surface area contributed by atoms with Gasteiger partial charge in [0.25, 0.3) is 0 Å². The van der Waals surface area contributed by atoms with Crippen LogP contribution in [0.4, 0.5) is 0 Å². The van der Waals surface area contributed by atoms with Crippen molar-refractivity contribution in [2.45, 2.75) is 42.9 Å². The van der Waals surface area contributed by atoms with Gasteiger partial charge in [0.15, 0.2) is 11.5 Å². The first-order chi connectivity index (χ1) is 18.4. The first kappa shape index (κ1) is 26.9. The predicted molar refractivity (Wildman–Crippen MR) is 131 cm³/mol. The number of methoxy groups -OCH3 is 3. The van der Waals surface area contributed by atoms with Gasteiger partial charge in [-0.2, -0.15) is 0 Å². The highest BCUT2D eigenvalue weighted by atomic mass is 16.7. The van der Waals surface area contributed by atoms with E-state index in [2.05, 4.69) is 0 Å². The summed E-state index contributed by atoms with van der Waals surface area (Å²) in [6.45, 7) is 0.488. The third kappa shape index (κ3) is 4.79. The van der Waals surface area contributed by atoms with Gasteiger partial charge in [0.1, 0.15) is 35.9 Å². The molecule has 0 spiro atoms. The van der Waals surface area contributed by atoms with Crippen molar-refractivity contribution in [3.8, 4) is 23.0 Å². The van der Waals surface area contributed by atoms with Crippen LogP contribution < -0.4 is 18.9 Å². The molecule has 0 aromatic heterocycles. The Morgan fingerprint density at radius 3 is 2.13 bits per heavy atom. The highest BCUT2D eigenvalue weighted by Gasteiger charge is 2.49. The second kappa shape index (κ2) is 11.2. The molecule has 3 saturated heterocycles. The molecule has 0 aliphatic carbocycles. The van der Waals surface area contributed by atoms with E-state index in [1.165, 1.54) is 0 Å². The van der Waals surface area contributed by atoms with E-state index in [0.717, 1.165) is 11.1 Å². The van der Waals surface area contributed by atoms with E-state index in [1.54, 1.807) is 33.5 Å². The first-order valence-corrected chi connectivity index (χ1v) is 12.5. The summed E-state index contributed by atoms with van der Waals surface area (Å²) in [6, 6.07) is 11.0. The molecular formula is C27H34O11. The van der Waals surface area contributed by atoms with Crippen molar-refractivity contribution >= 4 is 0 Å². The number of benzene rings is 2. The third-order valence-corrected chi connectivity index (χ3v) is 7.61. The molecule has 11 heteroatoms. The monoisotopic (exact) mass is 534 g/mol. The van der Waals surface area contributed by atoms with Crippen molar-refractivity contribution in [2.75, 3.05) is 41.2 Å². The smallest absolute Gasteiger partial charge is 0.229 e. The lowest BCUT2D eigenvalue weighted by molar-refractivity contribution is -0.277. The summed E-state index contributed by atoms with van der Waals surface area (Å²) in [5.74, 6) is 2.36. The number of hydrogen-bond acceptors (Lipinski definition) is 11. The number of aliphatic hydroxyl groups is 4. The summed E-state index contributed by atoms with van der Waals surface area (Å²) in [5, 5.41) is 39.7. The van der Waals surface area contributed by atoms with Gasteiger partial charge < -0.3 is 53.6 Å². The summed E-state index contributed by atoms with van der Waals surface area (Å²) in [7, 11) is 4.75. The molecule has 208 valence electrons. The Bertz CT molecular complexity index is 1110. The molecule has 2 aromatic carbocycles. The molecule has 0 unspecified atom stereocenters. The van der Waals surface area contributed by atoms with Crippen LogP contribution in [-0.2, 0) is 14.2 Å². The average molecular weight is 535 g/mol. The number of ether oxygens (including phenoxy) is 7. The minimum atomic E-state index is -1.53. The number of aliphatic hydroxyl groups excluding tert-OH is 4. The molecule has 5 rings (SSSR count). The van der Waals surface area contributed by atoms with Crippen molar-refractivity contribution in [2.24, 2.45) is 11.8 Å². The van der Waals surface area contributed by atoms with Gasteiger partial charge in [-0.15, -0.1) is 0 Å². The van der Waals surface area contributed by atoms with Gasteiger partial charge >= 0.3 is 0 Å². The molecule has 3 heterocycles. The molecule has 11 nitrogen and oxygen atoms in total. The zero-order valence-electron chi connectivity index (χ0n) is 21.4. The molecule has 0 saturated carbocycles. The first-order valence-electron chi connectivity index (χ1n) is 12.5. The predicted octanol–water partition coefficient (Wildman–Crippen LogP) is 0.966. The lowest BCUT2D eigenvalue weighted by Crippen LogP contribution is -2.60. The average Bonchev–Trinajstić information content (AvgIpc) is 3.55. The van der Waals surface area contributed by atoms with Gasteiger partial charge in [-0.25, -0.2) is 0 Å². The number of rotatable bonds is 8. The quantitative estimate of drug-likeness (QED) is 0.384. The van der Waals surface area contributed by atoms with Crippen LogP contribution in [-0.4, -0.2) is 92.3 Å². The van der Waals surface area contributed by atoms with Crippen molar-refractivity contribution in [3.05, 3.63) is 47.5 Å². The topological polar surface area (TPSA) is 146 Å². The molecule has 2 aromatic rings. The van der Waals surface area contributed by atoms with E-state index >= 15 is 0 Å². The van der Waals surface area contributed by atoms with E-state index < -0.39 is 37.3 Å². The molecule has 3 fully saturated rings. The second-order valence-corrected chi connectivity index (χ2v) is 9.67. The van der Waals surface area contributed by atoms with Crippen LogP contribution in [0.3, 0.4) is 0 Å². The maximum Gasteiger partial charge on any atom is 0.229 e. The molecule has 4 N–H and O–H groups in total. The van der Waals surface area contributed by atoms with Crippen LogP contribution in [0.15, 0.2) is 36.4 Å². The van der Waals surface area contributed by atoms with Crippen molar-refractivity contribution in [1.82, 2.24) is 0 Å². The molecule has 3 aliphatic heterocycles. The normalized spacial score (nSPS) is 34.6. The Morgan fingerprint density at radius 1 is 0.763 bits per heavy atom. The Kier molecular flexibility index (Phi) is 7.96.